The number of hydrogen-bond donors (Lipinski definition) is 2. The Labute approximate surface area is 114 Å². The van der Waals surface area contributed by atoms with Gasteiger partial charge in [0.2, 0.25) is 0 Å². The van der Waals surface area contributed by atoms with E-state index in [0.717, 1.165) is 15.6 Å². The van der Waals surface area contributed by atoms with E-state index < -0.39 is 0 Å². The minimum absolute atomic E-state index is 0.151. The van der Waals surface area contributed by atoms with E-state index in [1.807, 2.05) is 24.3 Å². The van der Waals surface area contributed by atoms with Crippen molar-refractivity contribution in [3.63, 3.8) is 0 Å². The summed E-state index contributed by atoms with van der Waals surface area (Å²) in [7, 11) is 0. The first-order chi connectivity index (χ1) is 8.61. The lowest BCUT2D eigenvalue weighted by Gasteiger charge is -2.18. The molecule has 0 spiro atoms. The van der Waals surface area contributed by atoms with Gasteiger partial charge in [-0.3, -0.25) is 5.84 Å². The highest BCUT2D eigenvalue weighted by molar-refractivity contribution is 9.10. The van der Waals surface area contributed by atoms with Crippen molar-refractivity contribution in [3.8, 4) is 0 Å². The number of aryl methyl sites for hydroxylation is 1. The van der Waals surface area contributed by atoms with Crippen molar-refractivity contribution in [2.24, 2.45) is 5.84 Å². The van der Waals surface area contributed by atoms with Crippen LogP contribution >= 0.6 is 15.9 Å². The molecule has 0 radical (unpaired) electrons. The van der Waals surface area contributed by atoms with Crippen molar-refractivity contribution in [1.82, 2.24) is 5.43 Å². The van der Waals surface area contributed by atoms with Gasteiger partial charge in [0.25, 0.3) is 0 Å². The highest BCUT2D eigenvalue weighted by Crippen LogP contribution is 2.25. The zero-order valence-corrected chi connectivity index (χ0v) is 11.5. The van der Waals surface area contributed by atoms with Gasteiger partial charge in [-0.2, -0.15) is 0 Å². The van der Waals surface area contributed by atoms with E-state index in [1.54, 1.807) is 19.1 Å². The molecule has 2 aromatic rings. The lowest BCUT2D eigenvalue weighted by molar-refractivity contribution is 0.607. The lowest BCUT2D eigenvalue weighted by Crippen LogP contribution is -2.28. The highest BCUT2D eigenvalue weighted by atomic mass is 79.9. The summed E-state index contributed by atoms with van der Waals surface area (Å²) in [6.07, 6.45) is 0. The molecule has 18 heavy (non-hydrogen) atoms. The standard InChI is InChI=1S/C14H14BrFN2/c1-9-7-11(5-6-13(9)16)14(18-17)10-3-2-4-12(15)8-10/h2-8,14,18H,17H2,1H3. The van der Waals surface area contributed by atoms with Gasteiger partial charge < -0.3 is 0 Å². The second-order valence-electron chi connectivity index (χ2n) is 4.16. The van der Waals surface area contributed by atoms with E-state index in [9.17, 15) is 4.39 Å². The Balaban J connectivity index is 2.42. The van der Waals surface area contributed by atoms with Gasteiger partial charge in [0.1, 0.15) is 5.82 Å². The Bertz CT molecular complexity index is 557. The highest BCUT2D eigenvalue weighted by Gasteiger charge is 2.13. The third-order valence-corrected chi connectivity index (χ3v) is 3.36. The largest absolute Gasteiger partial charge is 0.271 e. The number of hydrogen-bond acceptors (Lipinski definition) is 2. The molecule has 4 heteroatoms. The Morgan fingerprint density at radius 3 is 2.50 bits per heavy atom. The number of nitrogens with two attached hydrogens (primary N) is 1. The molecule has 0 aliphatic rings. The number of benzene rings is 2. The molecule has 0 bridgehead atoms. The molecule has 0 amide bonds. The predicted octanol–water partition coefficient (Wildman–Crippen LogP) is 3.45. The molecule has 0 saturated heterocycles. The normalized spacial score (nSPS) is 12.4. The molecule has 0 saturated carbocycles. The number of hydrazine groups is 1. The van der Waals surface area contributed by atoms with Gasteiger partial charge >= 0.3 is 0 Å². The fraction of sp³-hybridized carbons (Fsp3) is 0.143. The molecule has 1 atom stereocenters. The first-order valence-corrected chi connectivity index (χ1v) is 6.39. The van der Waals surface area contributed by atoms with Crippen molar-refractivity contribution < 1.29 is 4.39 Å². The first kappa shape index (κ1) is 13.2. The summed E-state index contributed by atoms with van der Waals surface area (Å²) in [4.78, 5) is 0. The maximum Gasteiger partial charge on any atom is 0.126 e. The maximum absolute atomic E-state index is 13.3. The number of rotatable bonds is 3. The maximum atomic E-state index is 13.3. The molecule has 2 nitrogen and oxygen atoms in total. The average Bonchev–Trinajstić information content (AvgIpc) is 2.35. The predicted molar refractivity (Wildman–Crippen MR) is 74.4 cm³/mol. The Morgan fingerprint density at radius 2 is 1.89 bits per heavy atom. The molecule has 0 heterocycles. The molecule has 0 aliphatic carbocycles. The Morgan fingerprint density at radius 1 is 1.17 bits per heavy atom. The van der Waals surface area contributed by atoms with Crippen LogP contribution in [0.4, 0.5) is 4.39 Å². The van der Waals surface area contributed by atoms with Crippen LogP contribution in [0.5, 0.6) is 0 Å². The summed E-state index contributed by atoms with van der Waals surface area (Å²) in [5.41, 5.74) is 5.34. The monoisotopic (exact) mass is 308 g/mol. The smallest absolute Gasteiger partial charge is 0.126 e. The van der Waals surface area contributed by atoms with Crippen LogP contribution in [0.15, 0.2) is 46.9 Å². The summed E-state index contributed by atoms with van der Waals surface area (Å²) in [5, 5.41) is 0. The van der Waals surface area contributed by atoms with Crippen LogP contribution in [0.2, 0.25) is 0 Å². The van der Waals surface area contributed by atoms with Gasteiger partial charge in [-0.15, -0.1) is 0 Å². The Kier molecular flexibility index (Phi) is 4.11. The van der Waals surface area contributed by atoms with Crippen LogP contribution in [0, 0.1) is 12.7 Å². The van der Waals surface area contributed by atoms with Gasteiger partial charge in [-0.1, -0.05) is 40.2 Å². The molecular weight excluding hydrogens is 295 g/mol. The van der Waals surface area contributed by atoms with E-state index in [0.29, 0.717) is 5.56 Å². The number of halogens is 2. The van der Waals surface area contributed by atoms with E-state index >= 15 is 0 Å². The van der Waals surface area contributed by atoms with Crippen molar-refractivity contribution in [2.75, 3.05) is 0 Å². The second kappa shape index (κ2) is 5.61. The van der Waals surface area contributed by atoms with Gasteiger partial charge in [-0.05, 0) is 41.8 Å². The molecule has 2 rings (SSSR count). The summed E-state index contributed by atoms with van der Waals surface area (Å²) >= 11 is 3.43. The van der Waals surface area contributed by atoms with E-state index in [1.165, 1.54) is 6.07 Å². The summed E-state index contributed by atoms with van der Waals surface area (Å²) in [5.74, 6) is 5.41. The Hall–Kier alpha value is -1.23. The molecule has 2 aromatic carbocycles. The van der Waals surface area contributed by atoms with Crippen LogP contribution in [-0.2, 0) is 0 Å². The van der Waals surface area contributed by atoms with E-state index in [2.05, 4.69) is 21.4 Å². The van der Waals surface area contributed by atoms with Crippen LogP contribution in [0.1, 0.15) is 22.7 Å². The summed E-state index contributed by atoms with van der Waals surface area (Å²) in [6, 6.07) is 12.7. The van der Waals surface area contributed by atoms with E-state index in [4.69, 9.17) is 5.84 Å². The zero-order chi connectivity index (χ0) is 13.1. The minimum atomic E-state index is -0.205. The topological polar surface area (TPSA) is 38.0 Å². The van der Waals surface area contributed by atoms with Crippen molar-refractivity contribution in [2.45, 2.75) is 13.0 Å². The minimum Gasteiger partial charge on any atom is -0.271 e. The molecule has 0 aromatic heterocycles. The van der Waals surface area contributed by atoms with Crippen LogP contribution in [0.3, 0.4) is 0 Å². The van der Waals surface area contributed by atoms with Crippen molar-refractivity contribution in [1.29, 1.82) is 0 Å². The summed E-state index contributed by atoms with van der Waals surface area (Å²) < 4.78 is 14.3. The molecular formula is C14H14BrFN2. The van der Waals surface area contributed by atoms with Gasteiger partial charge in [0.15, 0.2) is 0 Å². The second-order valence-corrected chi connectivity index (χ2v) is 5.08. The van der Waals surface area contributed by atoms with Crippen molar-refractivity contribution in [3.05, 3.63) is 69.4 Å². The van der Waals surface area contributed by atoms with Crippen LogP contribution in [0.25, 0.3) is 0 Å². The fourth-order valence-electron chi connectivity index (χ4n) is 1.92. The van der Waals surface area contributed by atoms with Crippen molar-refractivity contribution >= 4 is 15.9 Å². The van der Waals surface area contributed by atoms with Gasteiger partial charge in [-0.25, -0.2) is 9.82 Å². The first-order valence-electron chi connectivity index (χ1n) is 5.59. The summed E-state index contributed by atoms with van der Waals surface area (Å²) in [6.45, 7) is 1.74. The third-order valence-electron chi connectivity index (χ3n) is 2.86. The molecule has 1 unspecified atom stereocenters. The molecule has 0 fully saturated rings. The fourth-order valence-corrected chi connectivity index (χ4v) is 2.34. The zero-order valence-electron chi connectivity index (χ0n) is 9.95. The van der Waals surface area contributed by atoms with Crippen LogP contribution < -0.4 is 11.3 Å². The third kappa shape index (κ3) is 2.77. The van der Waals surface area contributed by atoms with Gasteiger partial charge in [0.05, 0.1) is 6.04 Å². The lowest BCUT2D eigenvalue weighted by atomic mass is 9.98. The van der Waals surface area contributed by atoms with Gasteiger partial charge in [0, 0.05) is 4.47 Å². The number of nitrogens with one attached hydrogen (secondary N) is 1. The quantitative estimate of drug-likeness (QED) is 0.673. The molecule has 0 aliphatic heterocycles. The van der Waals surface area contributed by atoms with E-state index in [-0.39, 0.29) is 11.9 Å². The SMILES string of the molecule is Cc1cc(C(NN)c2cccc(Br)c2)ccc1F. The molecule has 94 valence electrons. The molecule has 3 N–H and O–H groups in total. The average molecular weight is 309 g/mol. The van der Waals surface area contributed by atoms with Crippen LogP contribution in [-0.4, -0.2) is 0 Å².